The fourth-order valence-corrected chi connectivity index (χ4v) is 5.03. The van der Waals surface area contributed by atoms with Crippen LogP contribution in [0.1, 0.15) is 35.4 Å². The molecule has 2 N–H and O–H groups in total. The Kier molecular flexibility index (Phi) is 5.91. The normalized spacial score (nSPS) is 14.8. The summed E-state index contributed by atoms with van der Waals surface area (Å²) in [6.07, 6.45) is 4.12. The predicted molar refractivity (Wildman–Crippen MR) is 108 cm³/mol. The van der Waals surface area contributed by atoms with E-state index in [-0.39, 0.29) is 12.2 Å². The van der Waals surface area contributed by atoms with E-state index in [0.717, 1.165) is 35.2 Å². The number of ether oxygens (including phenoxy) is 1. The van der Waals surface area contributed by atoms with Crippen molar-refractivity contribution in [2.45, 2.75) is 45.4 Å². The fourth-order valence-electron chi connectivity index (χ4n) is 3.75. The number of thiophene rings is 1. The molecule has 0 fully saturated rings. The zero-order valence-electron chi connectivity index (χ0n) is 15.9. The van der Waals surface area contributed by atoms with Gasteiger partial charge in [0.05, 0.1) is 37.4 Å². The smallest absolute Gasteiger partial charge is 0.259 e. The molecular formula is C20H25N3O4S. The molecule has 8 heteroatoms. The van der Waals surface area contributed by atoms with Crippen molar-refractivity contribution in [3.05, 3.63) is 50.8 Å². The maximum atomic E-state index is 12.7. The highest BCUT2D eigenvalue weighted by Gasteiger charge is 2.22. The average molecular weight is 404 g/mol. The Balaban J connectivity index is 1.56. The summed E-state index contributed by atoms with van der Waals surface area (Å²) in [4.78, 5) is 24.5. The van der Waals surface area contributed by atoms with Gasteiger partial charge < -0.3 is 19.2 Å². The minimum atomic E-state index is -0.629. The van der Waals surface area contributed by atoms with Crippen molar-refractivity contribution in [2.75, 3.05) is 19.8 Å². The van der Waals surface area contributed by atoms with Crippen molar-refractivity contribution in [3.63, 3.8) is 0 Å². The first kappa shape index (κ1) is 19.3. The molecule has 4 rings (SSSR count). The first-order valence-electron chi connectivity index (χ1n) is 9.68. The second-order valence-corrected chi connectivity index (χ2v) is 8.20. The van der Waals surface area contributed by atoms with Crippen molar-refractivity contribution in [3.8, 4) is 0 Å². The van der Waals surface area contributed by atoms with Crippen LogP contribution in [0.25, 0.3) is 10.2 Å². The standard InChI is InChI=1S/C20H25N3O4S/c1-2-26-12-13(24)9-23(10-14-5-4-8-27-14)11-17-21-19(25)18-15-6-3-7-16(15)28-20(18)22-17/h4-5,8,13,24H,2-3,6-7,9-12H2,1H3,(H,21,22,25)/t13-/m1/s1. The molecule has 3 aromatic heterocycles. The van der Waals surface area contributed by atoms with Crippen molar-refractivity contribution in [1.29, 1.82) is 0 Å². The van der Waals surface area contributed by atoms with E-state index in [1.807, 2.05) is 24.0 Å². The highest BCUT2D eigenvalue weighted by atomic mass is 32.1. The third-order valence-electron chi connectivity index (χ3n) is 4.94. The van der Waals surface area contributed by atoms with Gasteiger partial charge in [-0.05, 0) is 43.9 Å². The number of aromatic amines is 1. The van der Waals surface area contributed by atoms with Crippen LogP contribution in [0.5, 0.6) is 0 Å². The van der Waals surface area contributed by atoms with E-state index in [4.69, 9.17) is 14.1 Å². The Bertz CT molecular complexity index is 979. The molecule has 3 aromatic rings. The van der Waals surface area contributed by atoms with Gasteiger partial charge in [0.15, 0.2) is 0 Å². The highest BCUT2D eigenvalue weighted by Crippen LogP contribution is 2.34. The van der Waals surface area contributed by atoms with Gasteiger partial charge in [-0.25, -0.2) is 4.98 Å². The van der Waals surface area contributed by atoms with E-state index in [1.165, 1.54) is 10.4 Å². The lowest BCUT2D eigenvalue weighted by molar-refractivity contribution is 0.0163. The van der Waals surface area contributed by atoms with Crippen molar-refractivity contribution >= 4 is 21.6 Å². The molecule has 1 aliphatic rings. The van der Waals surface area contributed by atoms with Crippen LogP contribution in [0.3, 0.4) is 0 Å². The molecule has 7 nitrogen and oxygen atoms in total. The number of hydrogen-bond donors (Lipinski definition) is 2. The molecule has 1 atom stereocenters. The van der Waals surface area contributed by atoms with Crippen LogP contribution in [0.15, 0.2) is 27.6 Å². The first-order valence-corrected chi connectivity index (χ1v) is 10.5. The average Bonchev–Trinajstić information content (AvgIpc) is 3.37. The minimum Gasteiger partial charge on any atom is -0.468 e. The lowest BCUT2D eigenvalue weighted by Gasteiger charge is -2.23. The molecular weight excluding hydrogens is 378 g/mol. The number of furan rings is 1. The Morgan fingerprint density at radius 2 is 2.32 bits per heavy atom. The van der Waals surface area contributed by atoms with Crippen LogP contribution in [0.4, 0.5) is 0 Å². The SMILES string of the molecule is CCOC[C@H](O)CN(Cc1nc2sc3c(c2c(=O)[nH]1)CCC3)Cc1ccco1. The molecule has 0 saturated heterocycles. The molecule has 0 radical (unpaired) electrons. The highest BCUT2D eigenvalue weighted by molar-refractivity contribution is 7.18. The van der Waals surface area contributed by atoms with Gasteiger partial charge in [-0.15, -0.1) is 11.3 Å². The minimum absolute atomic E-state index is 0.0628. The molecule has 0 unspecified atom stereocenters. The van der Waals surface area contributed by atoms with Crippen LogP contribution in [-0.4, -0.2) is 45.8 Å². The van der Waals surface area contributed by atoms with Crippen LogP contribution >= 0.6 is 11.3 Å². The lowest BCUT2D eigenvalue weighted by Crippen LogP contribution is -2.35. The summed E-state index contributed by atoms with van der Waals surface area (Å²) in [5.74, 6) is 1.40. The summed E-state index contributed by atoms with van der Waals surface area (Å²) in [7, 11) is 0. The van der Waals surface area contributed by atoms with Crippen molar-refractivity contribution in [1.82, 2.24) is 14.9 Å². The Morgan fingerprint density at radius 3 is 3.11 bits per heavy atom. The van der Waals surface area contributed by atoms with E-state index in [0.29, 0.717) is 32.1 Å². The van der Waals surface area contributed by atoms with E-state index < -0.39 is 6.10 Å². The molecule has 0 spiro atoms. The maximum Gasteiger partial charge on any atom is 0.259 e. The summed E-state index contributed by atoms with van der Waals surface area (Å²) < 4.78 is 10.8. The predicted octanol–water partition coefficient (Wildman–Crippen LogP) is 2.47. The third kappa shape index (κ3) is 4.20. The number of nitrogens with zero attached hydrogens (tertiary/aromatic N) is 2. The Hall–Kier alpha value is -2.00. The van der Waals surface area contributed by atoms with Gasteiger partial charge in [0, 0.05) is 18.0 Å². The number of aromatic nitrogens is 2. The summed E-state index contributed by atoms with van der Waals surface area (Å²) in [5.41, 5.74) is 1.12. The molecule has 0 bridgehead atoms. The number of aliphatic hydroxyl groups is 1. The molecule has 28 heavy (non-hydrogen) atoms. The van der Waals surface area contributed by atoms with Crippen LogP contribution < -0.4 is 5.56 Å². The van der Waals surface area contributed by atoms with Gasteiger partial charge in [-0.3, -0.25) is 9.69 Å². The van der Waals surface area contributed by atoms with Gasteiger partial charge in [0.1, 0.15) is 16.4 Å². The van der Waals surface area contributed by atoms with Gasteiger partial charge in [-0.2, -0.15) is 0 Å². The number of nitrogens with one attached hydrogen (secondary N) is 1. The van der Waals surface area contributed by atoms with Gasteiger partial charge in [-0.1, -0.05) is 0 Å². The summed E-state index contributed by atoms with van der Waals surface area (Å²) >= 11 is 1.63. The van der Waals surface area contributed by atoms with Gasteiger partial charge in [0.25, 0.3) is 5.56 Å². The topological polar surface area (TPSA) is 91.6 Å². The molecule has 0 aromatic carbocycles. The fraction of sp³-hybridized carbons (Fsp3) is 0.500. The molecule has 150 valence electrons. The number of aliphatic hydroxyl groups excluding tert-OH is 1. The van der Waals surface area contributed by atoms with E-state index in [2.05, 4.69) is 4.98 Å². The third-order valence-corrected chi connectivity index (χ3v) is 6.13. The summed E-state index contributed by atoms with van der Waals surface area (Å²) in [5, 5.41) is 11.0. The summed E-state index contributed by atoms with van der Waals surface area (Å²) in [6, 6.07) is 3.73. The number of rotatable bonds is 9. The molecule has 0 aliphatic heterocycles. The van der Waals surface area contributed by atoms with Crippen LogP contribution in [0.2, 0.25) is 0 Å². The zero-order valence-corrected chi connectivity index (χ0v) is 16.8. The zero-order chi connectivity index (χ0) is 19.5. The number of H-pyrrole nitrogens is 1. The molecule has 3 heterocycles. The molecule has 1 aliphatic carbocycles. The Morgan fingerprint density at radius 1 is 1.43 bits per heavy atom. The van der Waals surface area contributed by atoms with E-state index in [9.17, 15) is 9.90 Å². The summed E-state index contributed by atoms with van der Waals surface area (Å²) in [6.45, 7) is 4.05. The number of fused-ring (bicyclic) bond motifs is 3. The van der Waals surface area contributed by atoms with E-state index in [1.54, 1.807) is 17.6 Å². The van der Waals surface area contributed by atoms with Gasteiger partial charge >= 0.3 is 0 Å². The van der Waals surface area contributed by atoms with Crippen molar-refractivity contribution < 1.29 is 14.3 Å². The monoisotopic (exact) mass is 403 g/mol. The van der Waals surface area contributed by atoms with Crippen molar-refractivity contribution in [2.24, 2.45) is 0 Å². The second kappa shape index (κ2) is 8.57. The molecule has 0 saturated carbocycles. The van der Waals surface area contributed by atoms with Gasteiger partial charge in [0.2, 0.25) is 0 Å². The lowest BCUT2D eigenvalue weighted by atomic mass is 10.2. The first-order chi connectivity index (χ1) is 13.6. The number of aryl methyl sites for hydroxylation is 2. The second-order valence-electron chi connectivity index (χ2n) is 7.11. The molecule has 0 amide bonds. The van der Waals surface area contributed by atoms with Crippen LogP contribution in [-0.2, 0) is 30.7 Å². The quantitative estimate of drug-likeness (QED) is 0.570. The number of hydrogen-bond acceptors (Lipinski definition) is 7. The van der Waals surface area contributed by atoms with E-state index >= 15 is 0 Å². The Labute approximate surface area is 167 Å². The maximum absolute atomic E-state index is 12.7. The largest absolute Gasteiger partial charge is 0.468 e. The van der Waals surface area contributed by atoms with Crippen LogP contribution in [0, 0.1) is 0 Å².